The van der Waals surface area contributed by atoms with Crippen molar-refractivity contribution in [1.82, 2.24) is 0 Å². The normalized spacial score (nSPS) is 16.1. The third-order valence-electron chi connectivity index (χ3n) is 8.13. The van der Waals surface area contributed by atoms with Crippen LogP contribution in [0.1, 0.15) is 60.4 Å². The topological polar surface area (TPSA) is 93.1 Å². The van der Waals surface area contributed by atoms with Crippen LogP contribution in [0.25, 0.3) is 18.2 Å². The van der Waals surface area contributed by atoms with Gasteiger partial charge in [-0.05, 0) is 55.3 Å². The van der Waals surface area contributed by atoms with Gasteiger partial charge in [0.05, 0.1) is 7.11 Å². The van der Waals surface area contributed by atoms with Crippen LogP contribution in [0.4, 0.5) is 18.9 Å². The van der Waals surface area contributed by atoms with Crippen LogP contribution in [-0.4, -0.2) is 26.4 Å². The van der Waals surface area contributed by atoms with E-state index in [1.54, 1.807) is 43.5 Å². The molecule has 1 aliphatic rings. The molecule has 0 aliphatic carbocycles. The Hall–Kier alpha value is -5.50. The molecule has 0 spiro atoms. The summed E-state index contributed by atoms with van der Waals surface area (Å²) in [7, 11) is 1.66. The molecule has 1 atom stereocenters. The Morgan fingerprint density at radius 1 is 0.880 bits per heavy atom. The third-order valence-corrected chi connectivity index (χ3v) is 9.14. The van der Waals surface area contributed by atoms with Gasteiger partial charge in [0.15, 0.2) is 11.3 Å². The first kappa shape index (κ1) is 37.3. The Balaban J connectivity index is 1.60. The van der Waals surface area contributed by atoms with E-state index >= 15 is 0 Å². The number of nitriles is 3. The van der Waals surface area contributed by atoms with E-state index in [1.807, 2.05) is 24.3 Å². The van der Waals surface area contributed by atoms with E-state index in [0.717, 1.165) is 71.6 Å². The Morgan fingerprint density at radius 2 is 1.52 bits per heavy atom. The van der Waals surface area contributed by atoms with E-state index in [-0.39, 0.29) is 5.56 Å². The molecule has 2 aromatic carbocycles. The highest BCUT2D eigenvalue weighted by atomic mass is 32.1. The molecule has 0 radical (unpaired) electrons. The van der Waals surface area contributed by atoms with Gasteiger partial charge in [-0.15, -0.1) is 11.3 Å². The number of allylic oxidation sites excluding steroid dienone is 4. The molecule has 0 saturated carbocycles. The lowest BCUT2D eigenvalue weighted by Gasteiger charge is -2.33. The molecule has 2 heterocycles. The van der Waals surface area contributed by atoms with Crippen LogP contribution in [0.15, 0.2) is 101 Å². The molecule has 0 fully saturated rings. The minimum absolute atomic E-state index is 0.291. The van der Waals surface area contributed by atoms with Gasteiger partial charge < -0.3 is 14.4 Å². The minimum Gasteiger partial charge on any atom is -0.496 e. The van der Waals surface area contributed by atoms with Crippen LogP contribution in [0.3, 0.4) is 0 Å². The van der Waals surface area contributed by atoms with Gasteiger partial charge in [-0.3, -0.25) is 0 Å². The third kappa shape index (κ3) is 8.20. The van der Waals surface area contributed by atoms with Gasteiger partial charge >= 0.3 is 6.18 Å². The molecular formula is C40H37F3N4O2S. The van der Waals surface area contributed by atoms with E-state index in [4.69, 9.17) is 9.47 Å². The van der Waals surface area contributed by atoms with Crippen molar-refractivity contribution in [3.63, 3.8) is 0 Å². The monoisotopic (exact) mass is 694 g/mol. The number of methoxy groups -OCH3 is 1. The molecule has 1 unspecified atom stereocenters. The molecule has 1 aliphatic heterocycles. The summed E-state index contributed by atoms with van der Waals surface area (Å²) in [5.74, 6) is 0.0779. The van der Waals surface area contributed by atoms with Gasteiger partial charge in [-0.2, -0.15) is 29.0 Å². The summed E-state index contributed by atoms with van der Waals surface area (Å²) in [4.78, 5) is 4.21. The number of anilines is 1. The van der Waals surface area contributed by atoms with E-state index in [2.05, 4.69) is 36.9 Å². The fraction of sp³-hybridized carbons (Fsp3) is 0.275. The zero-order valence-corrected chi connectivity index (χ0v) is 28.9. The number of halogens is 3. The Kier molecular flexibility index (Phi) is 12.9. The number of unbranched alkanes of at least 4 members (excludes halogenated alkanes) is 2. The van der Waals surface area contributed by atoms with Crippen LogP contribution in [0.5, 0.6) is 5.75 Å². The summed E-state index contributed by atoms with van der Waals surface area (Å²) in [6.45, 7) is 6.38. The second-order valence-corrected chi connectivity index (χ2v) is 12.5. The Bertz CT molecular complexity index is 1910. The lowest BCUT2D eigenvalue weighted by molar-refractivity contribution is -0.249. The fourth-order valence-electron chi connectivity index (χ4n) is 5.56. The van der Waals surface area contributed by atoms with Crippen molar-refractivity contribution in [2.24, 2.45) is 0 Å². The quantitative estimate of drug-likeness (QED) is 0.123. The predicted molar refractivity (Wildman–Crippen MR) is 193 cm³/mol. The largest absolute Gasteiger partial charge is 0.496 e. The number of benzene rings is 2. The van der Waals surface area contributed by atoms with E-state index in [9.17, 15) is 29.0 Å². The zero-order chi connectivity index (χ0) is 36.1. The second kappa shape index (κ2) is 17.2. The van der Waals surface area contributed by atoms with Crippen molar-refractivity contribution in [1.29, 1.82) is 15.8 Å². The maximum absolute atomic E-state index is 14.9. The molecule has 3 aromatic rings. The lowest BCUT2D eigenvalue weighted by Crippen LogP contribution is -2.43. The highest BCUT2D eigenvalue weighted by Gasteiger charge is 2.65. The molecule has 0 amide bonds. The van der Waals surface area contributed by atoms with Crippen LogP contribution < -0.4 is 9.64 Å². The molecule has 0 saturated heterocycles. The summed E-state index contributed by atoms with van der Waals surface area (Å²) >= 11 is 1.49. The van der Waals surface area contributed by atoms with Crippen LogP contribution in [0, 0.1) is 34.0 Å². The number of hydrogen-bond acceptors (Lipinski definition) is 7. The molecule has 50 heavy (non-hydrogen) atoms. The standard InChI is InChI=1S/C40H37F3N4O2S/c1-4-6-23-47(24-7-5-2)32-19-17-29(37(25-32)48-3)18-20-34-22-21-33(50-34)15-11-12-16-36-35(28-46)38(30(26-44)27-45)49-39(36,40(41,42)43)31-13-9-8-10-14-31/h8-22,25H,4-7,23-24H2,1-3H3/b15-11+,16-12+,20-18+. The molecule has 10 heteroatoms. The summed E-state index contributed by atoms with van der Waals surface area (Å²) in [6, 6.07) is 21.8. The number of alkyl halides is 3. The van der Waals surface area contributed by atoms with Crippen molar-refractivity contribution in [2.45, 2.75) is 51.3 Å². The van der Waals surface area contributed by atoms with Crippen molar-refractivity contribution in [3.8, 4) is 24.0 Å². The van der Waals surface area contributed by atoms with Gasteiger partial charge in [-0.1, -0.05) is 75.2 Å². The van der Waals surface area contributed by atoms with Crippen molar-refractivity contribution in [2.75, 3.05) is 25.1 Å². The summed E-state index contributed by atoms with van der Waals surface area (Å²) in [5.41, 5.74) is -3.09. The van der Waals surface area contributed by atoms with E-state index < -0.39 is 34.3 Å². The second-order valence-electron chi connectivity index (χ2n) is 11.4. The molecule has 256 valence electrons. The number of rotatable bonds is 14. The molecule has 0 N–H and O–H groups in total. The molecule has 4 rings (SSSR count). The van der Waals surface area contributed by atoms with Crippen molar-refractivity contribution in [3.05, 3.63) is 122 Å². The zero-order valence-electron chi connectivity index (χ0n) is 28.1. The van der Waals surface area contributed by atoms with Crippen molar-refractivity contribution < 1.29 is 22.6 Å². The van der Waals surface area contributed by atoms with Crippen LogP contribution in [0.2, 0.25) is 0 Å². The van der Waals surface area contributed by atoms with Crippen molar-refractivity contribution >= 4 is 35.3 Å². The summed E-state index contributed by atoms with van der Waals surface area (Å²) < 4.78 is 56.0. The molecular weight excluding hydrogens is 658 g/mol. The van der Waals surface area contributed by atoms with E-state index in [0.29, 0.717) is 0 Å². The lowest BCUT2D eigenvalue weighted by atomic mass is 9.84. The number of thiophene rings is 1. The number of ether oxygens (including phenoxy) is 2. The summed E-state index contributed by atoms with van der Waals surface area (Å²) in [5, 5.41) is 28.8. The van der Waals surface area contributed by atoms with Gasteiger partial charge in [0.25, 0.3) is 5.60 Å². The minimum atomic E-state index is -5.04. The van der Waals surface area contributed by atoms with Crippen LogP contribution >= 0.6 is 11.3 Å². The number of hydrogen-bond donors (Lipinski definition) is 0. The smallest absolute Gasteiger partial charge is 0.437 e. The Labute approximate surface area is 295 Å². The van der Waals surface area contributed by atoms with Gasteiger partial charge in [-0.25, -0.2) is 0 Å². The van der Waals surface area contributed by atoms with Gasteiger partial charge in [0, 0.05) is 51.3 Å². The van der Waals surface area contributed by atoms with Gasteiger partial charge in [0.1, 0.15) is 29.5 Å². The van der Waals surface area contributed by atoms with Crippen LogP contribution in [-0.2, 0) is 10.3 Å². The first-order valence-corrected chi connectivity index (χ1v) is 17.1. The first-order chi connectivity index (χ1) is 24.2. The van der Waals surface area contributed by atoms with E-state index in [1.165, 1.54) is 41.7 Å². The highest BCUT2D eigenvalue weighted by Crippen LogP contribution is 2.55. The number of nitrogens with zero attached hydrogens (tertiary/aromatic N) is 4. The SMILES string of the molecule is CCCCN(CCCC)c1ccc(/C=C/c2ccc(/C=C/C=C/C3=C(C#N)C(=C(C#N)C#N)OC3(c3ccccc3)C(F)(F)F)s2)c(OC)c1. The molecule has 0 bridgehead atoms. The fourth-order valence-corrected chi connectivity index (χ4v) is 6.38. The Morgan fingerprint density at radius 3 is 2.10 bits per heavy atom. The average molecular weight is 695 g/mol. The summed E-state index contributed by atoms with van der Waals surface area (Å²) in [6.07, 6.45) is 9.26. The first-order valence-electron chi connectivity index (χ1n) is 16.2. The predicted octanol–water partition coefficient (Wildman–Crippen LogP) is 10.5. The van der Waals surface area contributed by atoms with Gasteiger partial charge in [0.2, 0.25) is 0 Å². The maximum atomic E-state index is 14.9. The molecule has 6 nitrogen and oxygen atoms in total. The average Bonchev–Trinajstić information content (AvgIpc) is 3.72. The highest BCUT2D eigenvalue weighted by molar-refractivity contribution is 7.13. The molecule has 1 aromatic heterocycles. The maximum Gasteiger partial charge on any atom is 0.437 e.